The van der Waals surface area contributed by atoms with Crippen molar-refractivity contribution in [2.75, 3.05) is 16.8 Å². The van der Waals surface area contributed by atoms with Crippen LogP contribution in [0.4, 0.5) is 10.8 Å². The molecule has 0 bridgehead atoms. The van der Waals surface area contributed by atoms with Crippen molar-refractivity contribution >= 4 is 34.0 Å². The van der Waals surface area contributed by atoms with Gasteiger partial charge >= 0.3 is 0 Å². The van der Waals surface area contributed by atoms with Gasteiger partial charge in [-0.1, -0.05) is 19.1 Å². The third-order valence-corrected chi connectivity index (χ3v) is 4.88. The Morgan fingerprint density at radius 1 is 1.39 bits per heavy atom. The number of anilines is 2. The zero-order valence-electron chi connectivity index (χ0n) is 13.2. The van der Waals surface area contributed by atoms with Crippen LogP contribution in [0.1, 0.15) is 24.6 Å². The highest BCUT2D eigenvalue weighted by Crippen LogP contribution is 2.27. The zero-order chi connectivity index (χ0) is 16.4. The monoisotopic (exact) mass is 329 g/mol. The van der Waals surface area contributed by atoms with Crippen molar-refractivity contribution in [1.29, 1.82) is 0 Å². The summed E-state index contributed by atoms with van der Waals surface area (Å²) in [4.78, 5) is 30.5. The number of nitrogens with zero attached hydrogens (tertiary/aromatic N) is 2. The van der Waals surface area contributed by atoms with E-state index in [2.05, 4.69) is 17.2 Å². The Balaban J connectivity index is 1.67. The quantitative estimate of drug-likeness (QED) is 0.938. The van der Waals surface area contributed by atoms with Crippen molar-refractivity contribution in [2.45, 2.75) is 26.7 Å². The Morgan fingerprint density at radius 2 is 2.13 bits per heavy atom. The maximum atomic E-state index is 12.3. The Labute approximate surface area is 139 Å². The fourth-order valence-electron chi connectivity index (χ4n) is 2.66. The van der Waals surface area contributed by atoms with Gasteiger partial charge in [0, 0.05) is 24.0 Å². The van der Waals surface area contributed by atoms with Crippen LogP contribution in [0.15, 0.2) is 29.6 Å². The highest BCUT2D eigenvalue weighted by atomic mass is 32.1. The summed E-state index contributed by atoms with van der Waals surface area (Å²) < 4.78 is 0. The normalized spacial score (nSPS) is 17.6. The van der Waals surface area contributed by atoms with Gasteiger partial charge in [0.25, 0.3) is 0 Å². The van der Waals surface area contributed by atoms with Gasteiger partial charge in [-0.15, -0.1) is 11.3 Å². The molecular weight excluding hydrogens is 310 g/mol. The number of amides is 2. The lowest BCUT2D eigenvalue weighted by atomic mass is 10.1. The van der Waals surface area contributed by atoms with Crippen LogP contribution in [-0.2, 0) is 16.0 Å². The number of rotatable bonds is 4. The van der Waals surface area contributed by atoms with Gasteiger partial charge in [0.1, 0.15) is 0 Å². The third-order valence-electron chi connectivity index (χ3n) is 4.00. The number of aromatic nitrogens is 1. The van der Waals surface area contributed by atoms with E-state index in [9.17, 15) is 9.59 Å². The summed E-state index contributed by atoms with van der Waals surface area (Å²) in [6, 6.07) is 7.94. The second-order valence-corrected chi connectivity index (χ2v) is 6.57. The van der Waals surface area contributed by atoms with E-state index in [4.69, 9.17) is 0 Å². The number of carbonyl (C=O) groups excluding carboxylic acids is 2. The van der Waals surface area contributed by atoms with Gasteiger partial charge in [0.15, 0.2) is 5.13 Å². The van der Waals surface area contributed by atoms with Gasteiger partial charge in [-0.3, -0.25) is 9.59 Å². The van der Waals surface area contributed by atoms with E-state index in [1.807, 2.05) is 36.6 Å². The molecule has 2 heterocycles. The molecule has 2 aromatic rings. The van der Waals surface area contributed by atoms with Crippen molar-refractivity contribution in [2.24, 2.45) is 5.92 Å². The molecule has 0 unspecified atom stereocenters. The highest BCUT2D eigenvalue weighted by Gasteiger charge is 2.35. The molecule has 1 aliphatic heterocycles. The summed E-state index contributed by atoms with van der Waals surface area (Å²) in [7, 11) is 0. The van der Waals surface area contributed by atoms with Crippen LogP contribution in [0.25, 0.3) is 0 Å². The lowest BCUT2D eigenvalue weighted by Crippen LogP contribution is -2.28. The van der Waals surface area contributed by atoms with Crippen LogP contribution < -0.4 is 10.2 Å². The molecule has 6 heteroatoms. The van der Waals surface area contributed by atoms with Gasteiger partial charge in [-0.05, 0) is 31.0 Å². The zero-order valence-corrected chi connectivity index (χ0v) is 14.0. The second-order valence-electron chi connectivity index (χ2n) is 5.71. The van der Waals surface area contributed by atoms with E-state index >= 15 is 0 Å². The number of nitrogens with one attached hydrogen (secondary N) is 1. The van der Waals surface area contributed by atoms with Gasteiger partial charge in [0.2, 0.25) is 11.8 Å². The molecule has 0 radical (unpaired) electrons. The fourth-order valence-corrected chi connectivity index (χ4v) is 3.35. The average Bonchev–Trinajstić information content (AvgIpc) is 3.13. The number of thiazole rings is 1. The first-order valence-corrected chi connectivity index (χ1v) is 8.57. The van der Waals surface area contributed by atoms with Gasteiger partial charge < -0.3 is 10.2 Å². The molecule has 1 aromatic carbocycles. The molecule has 23 heavy (non-hydrogen) atoms. The molecule has 1 fully saturated rings. The van der Waals surface area contributed by atoms with Crippen LogP contribution in [0.2, 0.25) is 0 Å². The first kappa shape index (κ1) is 15.7. The highest BCUT2D eigenvalue weighted by molar-refractivity contribution is 7.13. The summed E-state index contributed by atoms with van der Waals surface area (Å²) in [5.41, 5.74) is 2.96. The van der Waals surface area contributed by atoms with Crippen molar-refractivity contribution in [3.63, 3.8) is 0 Å². The molecule has 2 amide bonds. The van der Waals surface area contributed by atoms with E-state index in [-0.39, 0.29) is 24.2 Å². The smallest absolute Gasteiger partial charge is 0.231 e. The molecule has 0 spiro atoms. The first-order valence-electron chi connectivity index (χ1n) is 7.69. The van der Waals surface area contributed by atoms with Gasteiger partial charge in [-0.2, -0.15) is 0 Å². The molecule has 1 aromatic heterocycles. The average molecular weight is 329 g/mol. The molecule has 1 N–H and O–H groups in total. The van der Waals surface area contributed by atoms with Gasteiger partial charge in [-0.25, -0.2) is 4.98 Å². The van der Waals surface area contributed by atoms with Crippen LogP contribution in [0.3, 0.4) is 0 Å². The number of hydrogen-bond donors (Lipinski definition) is 1. The molecule has 1 atom stereocenters. The molecule has 5 nitrogen and oxygen atoms in total. The summed E-state index contributed by atoms with van der Waals surface area (Å²) >= 11 is 1.40. The lowest BCUT2D eigenvalue weighted by Gasteiger charge is -2.17. The maximum absolute atomic E-state index is 12.3. The Hall–Kier alpha value is -2.21. The fraction of sp³-hybridized carbons (Fsp3) is 0.353. The largest absolute Gasteiger partial charge is 0.312 e. The van der Waals surface area contributed by atoms with E-state index in [0.29, 0.717) is 11.7 Å². The standard InChI is InChI=1S/C17H19N3O2S/c1-3-12-4-6-14(7-5-12)20-9-13(8-15(20)21)16(22)19-17-18-11(2)10-23-17/h4-7,10,13H,3,8-9H2,1-2H3,(H,18,19,22)/t13-/m1/s1. The molecule has 120 valence electrons. The molecule has 0 aliphatic carbocycles. The number of carbonyl (C=O) groups is 2. The van der Waals surface area contributed by atoms with Crippen LogP contribution in [0, 0.1) is 12.8 Å². The van der Waals surface area contributed by atoms with E-state index in [1.165, 1.54) is 16.9 Å². The van der Waals surface area contributed by atoms with Crippen molar-refractivity contribution in [1.82, 2.24) is 4.98 Å². The van der Waals surface area contributed by atoms with Gasteiger partial charge in [0.05, 0.1) is 11.6 Å². The third kappa shape index (κ3) is 3.42. The van der Waals surface area contributed by atoms with E-state index < -0.39 is 0 Å². The topological polar surface area (TPSA) is 62.3 Å². The summed E-state index contributed by atoms with van der Waals surface area (Å²) in [5.74, 6) is -0.484. The first-order chi connectivity index (χ1) is 11.1. The predicted octanol–water partition coefficient (Wildman–Crippen LogP) is 3.01. The molecule has 3 rings (SSSR count). The minimum Gasteiger partial charge on any atom is -0.312 e. The Bertz CT molecular complexity index is 724. The van der Waals surface area contributed by atoms with Crippen LogP contribution in [0.5, 0.6) is 0 Å². The van der Waals surface area contributed by atoms with E-state index in [0.717, 1.165) is 17.8 Å². The second kappa shape index (κ2) is 6.50. The number of benzene rings is 1. The minimum atomic E-state index is -0.336. The summed E-state index contributed by atoms with van der Waals surface area (Å²) in [6.07, 6.45) is 1.21. The predicted molar refractivity (Wildman–Crippen MR) is 91.8 cm³/mol. The number of aryl methyl sites for hydroxylation is 2. The minimum absolute atomic E-state index is 0.00952. The SMILES string of the molecule is CCc1ccc(N2C[C@H](C(=O)Nc3nc(C)cs3)CC2=O)cc1. The van der Waals surface area contributed by atoms with Crippen molar-refractivity contribution in [3.05, 3.63) is 40.9 Å². The van der Waals surface area contributed by atoms with Crippen molar-refractivity contribution < 1.29 is 9.59 Å². The lowest BCUT2D eigenvalue weighted by molar-refractivity contribution is -0.122. The molecular formula is C17H19N3O2S. The summed E-state index contributed by atoms with van der Waals surface area (Å²) in [6.45, 7) is 4.39. The number of hydrogen-bond acceptors (Lipinski definition) is 4. The Morgan fingerprint density at radius 3 is 2.74 bits per heavy atom. The summed E-state index contributed by atoms with van der Waals surface area (Å²) in [5, 5.41) is 5.28. The van der Waals surface area contributed by atoms with Crippen LogP contribution >= 0.6 is 11.3 Å². The van der Waals surface area contributed by atoms with Crippen LogP contribution in [-0.4, -0.2) is 23.3 Å². The Kier molecular flexibility index (Phi) is 4.43. The van der Waals surface area contributed by atoms with E-state index in [1.54, 1.807) is 4.90 Å². The maximum Gasteiger partial charge on any atom is 0.231 e. The van der Waals surface area contributed by atoms with Crippen molar-refractivity contribution in [3.8, 4) is 0 Å². The molecule has 1 aliphatic rings. The molecule has 1 saturated heterocycles. The molecule has 0 saturated carbocycles.